The van der Waals surface area contributed by atoms with Crippen molar-refractivity contribution in [3.63, 3.8) is 0 Å². The van der Waals surface area contributed by atoms with E-state index >= 15 is 0 Å². The number of thiazole rings is 1. The summed E-state index contributed by atoms with van der Waals surface area (Å²) in [6.45, 7) is 8.84. The van der Waals surface area contributed by atoms with Gasteiger partial charge in [0, 0.05) is 31.0 Å². The number of nitrogens with zero attached hydrogens (tertiary/aromatic N) is 2. The molecule has 5 nitrogen and oxygen atoms in total. The molecule has 6 heteroatoms. The highest BCUT2D eigenvalue weighted by molar-refractivity contribution is 7.09. The fraction of sp³-hybridized carbons (Fsp3) is 0.789. The standard InChI is InChI=1S/C19H31N3O2S/c1-13(2)16-12-25-18(21-16)15-7-6-9-22(11-15)19(23)20-14(3)17-8-4-5-10-24-17/h12-15,17H,4-11H2,1-3H3,(H,20,23). The van der Waals surface area contributed by atoms with E-state index in [1.807, 2.05) is 4.90 Å². The van der Waals surface area contributed by atoms with Gasteiger partial charge in [-0.1, -0.05) is 13.8 Å². The summed E-state index contributed by atoms with van der Waals surface area (Å²) >= 11 is 1.75. The summed E-state index contributed by atoms with van der Waals surface area (Å²) in [5.41, 5.74) is 1.17. The van der Waals surface area contributed by atoms with Crippen LogP contribution in [0.25, 0.3) is 0 Å². The van der Waals surface area contributed by atoms with Gasteiger partial charge in [0.25, 0.3) is 0 Å². The lowest BCUT2D eigenvalue weighted by atomic mass is 9.98. The van der Waals surface area contributed by atoms with Crippen LogP contribution in [0.5, 0.6) is 0 Å². The van der Waals surface area contributed by atoms with Crippen molar-refractivity contribution >= 4 is 17.4 Å². The Morgan fingerprint density at radius 1 is 1.32 bits per heavy atom. The van der Waals surface area contributed by atoms with Crippen molar-refractivity contribution in [2.45, 2.75) is 76.9 Å². The lowest BCUT2D eigenvalue weighted by Gasteiger charge is -2.34. The molecule has 0 aliphatic carbocycles. The van der Waals surface area contributed by atoms with E-state index < -0.39 is 0 Å². The number of ether oxygens (including phenoxy) is 1. The molecule has 0 bridgehead atoms. The number of hydrogen-bond donors (Lipinski definition) is 1. The summed E-state index contributed by atoms with van der Waals surface area (Å²) in [6.07, 6.45) is 5.70. The number of urea groups is 1. The number of nitrogens with one attached hydrogen (secondary N) is 1. The third kappa shape index (κ3) is 4.73. The van der Waals surface area contributed by atoms with Crippen LogP contribution in [0.15, 0.2) is 5.38 Å². The number of hydrogen-bond acceptors (Lipinski definition) is 4. The lowest BCUT2D eigenvalue weighted by molar-refractivity contribution is -0.00247. The zero-order chi connectivity index (χ0) is 17.8. The van der Waals surface area contributed by atoms with Gasteiger partial charge in [0.05, 0.1) is 22.8 Å². The molecule has 3 rings (SSSR count). The van der Waals surface area contributed by atoms with Crippen LogP contribution in [0, 0.1) is 0 Å². The van der Waals surface area contributed by atoms with Crippen molar-refractivity contribution < 1.29 is 9.53 Å². The summed E-state index contributed by atoms with van der Waals surface area (Å²) in [4.78, 5) is 19.4. The quantitative estimate of drug-likeness (QED) is 0.873. The summed E-state index contributed by atoms with van der Waals surface area (Å²) in [5.74, 6) is 0.836. The summed E-state index contributed by atoms with van der Waals surface area (Å²) in [6, 6.07) is 0.118. The van der Waals surface area contributed by atoms with Crippen LogP contribution in [-0.2, 0) is 4.74 Å². The SMILES string of the molecule is CC(C)c1csc(C2CCCN(C(=O)NC(C)C3CCCCO3)C2)n1. The van der Waals surface area contributed by atoms with Crippen LogP contribution in [-0.4, -0.2) is 47.8 Å². The number of carbonyl (C=O) groups excluding carboxylic acids is 1. The molecule has 1 N–H and O–H groups in total. The van der Waals surface area contributed by atoms with Gasteiger partial charge in [-0.15, -0.1) is 11.3 Å². The number of rotatable bonds is 4. The summed E-state index contributed by atoms with van der Waals surface area (Å²) in [7, 11) is 0. The second kappa shape index (κ2) is 8.49. The van der Waals surface area contributed by atoms with Gasteiger partial charge in [-0.25, -0.2) is 9.78 Å². The van der Waals surface area contributed by atoms with Crippen molar-refractivity contribution in [1.29, 1.82) is 0 Å². The highest BCUT2D eigenvalue weighted by Crippen LogP contribution is 2.31. The molecule has 1 aromatic rings. The average Bonchev–Trinajstić information content (AvgIpc) is 3.13. The van der Waals surface area contributed by atoms with Crippen molar-refractivity contribution in [3.05, 3.63) is 16.1 Å². The highest BCUT2D eigenvalue weighted by Gasteiger charge is 2.29. The average molecular weight is 366 g/mol. The minimum atomic E-state index is 0.0482. The van der Waals surface area contributed by atoms with E-state index in [-0.39, 0.29) is 18.2 Å². The maximum Gasteiger partial charge on any atom is 0.317 e. The Morgan fingerprint density at radius 2 is 2.16 bits per heavy atom. The monoisotopic (exact) mass is 365 g/mol. The second-order valence-electron chi connectivity index (χ2n) is 7.69. The Bertz CT molecular complexity index is 569. The van der Waals surface area contributed by atoms with E-state index in [0.717, 1.165) is 45.4 Å². The third-order valence-corrected chi connectivity index (χ3v) is 6.34. The summed E-state index contributed by atoms with van der Waals surface area (Å²) < 4.78 is 5.80. The molecule has 3 heterocycles. The largest absolute Gasteiger partial charge is 0.376 e. The van der Waals surface area contributed by atoms with Gasteiger partial charge in [-0.3, -0.25) is 0 Å². The topological polar surface area (TPSA) is 54.5 Å². The van der Waals surface area contributed by atoms with Gasteiger partial charge in [0.2, 0.25) is 0 Å². The summed E-state index contributed by atoms with van der Waals surface area (Å²) in [5, 5.41) is 6.51. The minimum Gasteiger partial charge on any atom is -0.376 e. The van der Waals surface area contributed by atoms with Gasteiger partial charge in [-0.2, -0.15) is 0 Å². The molecule has 3 unspecified atom stereocenters. The Balaban J connectivity index is 1.55. The van der Waals surface area contributed by atoms with E-state index in [9.17, 15) is 4.79 Å². The van der Waals surface area contributed by atoms with Crippen LogP contribution in [0.4, 0.5) is 4.79 Å². The maximum atomic E-state index is 12.7. The Labute approximate surface area is 155 Å². The molecule has 2 aliphatic heterocycles. The lowest BCUT2D eigenvalue weighted by Crippen LogP contribution is -2.51. The van der Waals surface area contributed by atoms with E-state index in [0.29, 0.717) is 11.8 Å². The number of carbonyl (C=O) groups is 1. The molecule has 140 valence electrons. The first kappa shape index (κ1) is 18.6. The number of piperidine rings is 1. The maximum absolute atomic E-state index is 12.7. The van der Waals surface area contributed by atoms with E-state index in [1.54, 1.807) is 11.3 Å². The zero-order valence-electron chi connectivity index (χ0n) is 15.7. The molecule has 1 aromatic heterocycles. The van der Waals surface area contributed by atoms with Crippen molar-refractivity contribution in [1.82, 2.24) is 15.2 Å². The molecule has 2 amide bonds. The Kier molecular flexibility index (Phi) is 6.34. The van der Waals surface area contributed by atoms with Crippen LogP contribution < -0.4 is 5.32 Å². The van der Waals surface area contributed by atoms with Crippen LogP contribution in [0.3, 0.4) is 0 Å². The number of amides is 2. The molecule has 2 aliphatic rings. The van der Waals surface area contributed by atoms with Gasteiger partial charge < -0.3 is 15.0 Å². The van der Waals surface area contributed by atoms with Crippen LogP contribution in [0.1, 0.15) is 75.4 Å². The second-order valence-corrected chi connectivity index (χ2v) is 8.58. The van der Waals surface area contributed by atoms with Gasteiger partial charge >= 0.3 is 6.03 Å². The predicted molar refractivity (Wildman–Crippen MR) is 101 cm³/mol. The van der Waals surface area contributed by atoms with Crippen molar-refractivity contribution in [3.8, 4) is 0 Å². The number of aromatic nitrogens is 1. The Hall–Kier alpha value is -1.14. The van der Waals surface area contributed by atoms with E-state index in [4.69, 9.17) is 9.72 Å². The van der Waals surface area contributed by atoms with Gasteiger partial charge in [0.1, 0.15) is 0 Å². The first-order chi connectivity index (χ1) is 12.0. The molecule has 2 saturated heterocycles. The minimum absolute atomic E-state index is 0.0482. The smallest absolute Gasteiger partial charge is 0.317 e. The normalized spacial score (nSPS) is 25.8. The molecular weight excluding hydrogens is 334 g/mol. The van der Waals surface area contributed by atoms with Gasteiger partial charge in [-0.05, 0) is 44.9 Å². The van der Waals surface area contributed by atoms with Gasteiger partial charge in [0.15, 0.2) is 0 Å². The molecule has 0 spiro atoms. The third-order valence-electron chi connectivity index (χ3n) is 5.31. The molecular formula is C19H31N3O2S. The highest BCUT2D eigenvalue weighted by atomic mass is 32.1. The molecule has 3 atom stereocenters. The fourth-order valence-electron chi connectivity index (χ4n) is 3.66. The zero-order valence-corrected chi connectivity index (χ0v) is 16.5. The first-order valence-corrected chi connectivity index (χ1v) is 10.5. The molecule has 25 heavy (non-hydrogen) atoms. The van der Waals surface area contributed by atoms with E-state index in [1.165, 1.54) is 17.1 Å². The molecule has 2 fully saturated rings. The first-order valence-electron chi connectivity index (χ1n) is 9.67. The van der Waals surface area contributed by atoms with E-state index in [2.05, 4.69) is 31.5 Å². The van der Waals surface area contributed by atoms with Crippen LogP contribution in [0.2, 0.25) is 0 Å². The molecule has 0 aromatic carbocycles. The number of likely N-dealkylation sites (tertiary alicyclic amines) is 1. The fourth-order valence-corrected chi connectivity index (χ4v) is 4.76. The molecule has 0 radical (unpaired) electrons. The Morgan fingerprint density at radius 3 is 2.84 bits per heavy atom. The van der Waals surface area contributed by atoms with Crippen molar-refractivity contribution in [2.24, 2.45) is 0 Å². The molecule has 0 saturated carbocycles. The van der Waals surface area contributed by atoms with Crippen LogP contribution >= 0.6 is 11.3 Å². The predicted octanol–water partition coefficient (Wildman–Crippen LogP) is 4.11. The van der Waals surface area contributed by atoms with Crippen molar-refractivity contribution in [2.75, 3.05) is 19.7 Å².